The third kappa shape index (κ3) is 4.53. The number of rotatable bonds is 3. The standard InChI is InChI=1S/C16H20N2O3S/c1-10-5-4-6-12(7-10)17-15(22)18-13(19)8-11-9-16(2,3)21-14(11)20/h4-7,11H,8-9H2,1-3H3,(H2,17,18,19,22)/t11-/m0/s1. The van der Waals surface area contributed by atoms with E-state index in [9.17, 15) is 9.59 Å². The fourth-order valence-electron chi connectivity index (χ4n) is 2.52. The Morgan fingerprint density at radius 1 is 1.45 bits per heavy atom. The number of anilines is 1. The van der Waals surface area contributed by atoms with Crippen LogP contribution in [0.25, 0.3) is 0 Å². The third-order valence-corrected chi connectivity index (χ3v) is 3.61. The number of hydrogen-bond donors (Lipinski definition) is 2. The summed E-state index contributed by atoms with van der Waals surface area (Å²) in [5.74, 6) is -1.01. The van der Waals surface area contributed by atoms with Crippen molar-refractivity contribution < 1.29 is 14.3 Å². The first-order valence-corrected chi connectivity index (χ1v) is 7.56. The molecule has 2 rings (SSSR count). The Kier molecular flexibility index (Phi) is 4.81. The molecule has 5 nitrogen and oxygen atoms in total. The van der Waals surface area contributed by atoms with Crippen molar-refractivity contribution in [2.24, 2.45) is 5.92 Å². The summed E-state index contributed by atoms with van der Waals surface area (Å²) in [6.07, 6.45) is 0.620. The number of ether oxygens (including phenoxy) is 1. The van der Waals surface area contributed by atoms with Crippen LogP contribution in [-0.2, 0) is 14.3 Å². The molecule has 22 heavy (non-hydrogen) atoms. The van der Waals surface area contributed by atoms with Crippen LogP contribution in [0.15, 0.2) is 24.3 Å². The van der Waals surface area contributed by atoms with Gasteiger partial charge in [0, 0.05) is 18.5 Å². The molecule has 1 aromatic rings. The number of hydrogen-bond acceptors (Lipinski definition) is 4. The Bertz CT molecular complexity index is 613. The van der Waals surface area contributed by atoms with E-state index < -0.39 is 11.5 Å². The summed E-state index contributed by atoms with van der Waals surface area (Å²) in [6, 6.07) is 7.66. The molecule has 0 saturated carbocycles. The van der Waals surface area contributed by atoms with E-state index in [0.29, 0.717) is 6.42 Å². The normalized spacial score (nSPS) is 19.4. The number of cyclic esters (lactones) is 1. The van der Waals surface area contributed by atoms with Crippen LogP contribution < -0.4 is 10.6 Å². The van der Waals surface area contributed by atoms with Crippen molar-refractivity contribution in [2.75, 3.05) is 5.32 Å². The van der Waals surface area contributed by atoms with Crippen LogP contribution in [0.2, 0.25) is 0 Å². The first kappa shape index (κ1) is 16.4. The zero-order chi connectivity index (χ0) is 16.3. The summed E-state index contributed by atoms with van der Waals surface area (Å²) in [6.45, 7) is 5.65. The summed E-state index contributed by atoms with van der Waals surface area (Å²) >= 11 is 5.11. The van der Waals surface area contributed by atoms with Gasteiger partial charge >= 0.3 is 5.97 Å². The minimum atomic E-state index is -0.498. The Morgan fingerprint density at radius 2 is 2.18 bits per heavy atom. The maximum Gasteiger partial charge on any atom is 0.310 e. The summed E-state index contributed by atoms with van der Waals surface area (Å²) in [5.41, 5.74) is 1.41. The van der Waals surface area contributed by atoms with E-state index in [-0.39, 0.29) is 23.4 Å². The smallest absolute Gasteiger partial charge is 0.310 e. The van der Waals surface area contributed by atoms with Crippen molar-refractivity contribution in [1.82, 2.24) is 5.32 Å². The minimum Gasteiger partial charge on any atom is -0.459 e. The van der Waals surface area contributed by atoms with Gasteiger partial charge in [-0.15, -0.1) is 0 Å². The lowest BCUT2D eigenvalue weighted by atomic mass is 9.95. The van der Waals surface area contributed by atoms with E-state index >= 15 is 0 Å². The second-order valence-electron chi connectivity index (χ2n) is 6.16. The number of nitrogens with one attached hydrogen (secondary N) is 2. The zero-order valence-electron chi connectivity index (χ0n) is 12.9. The first-order valence-electron chi connectivity index (χ1n) is 7.15. The second-order valence-corrected chi connectivity index (χ2v) is 6.57. The van der Waals surface area contributed by atoms with Crippen molar-refractivity contribution in [3.05, 3.63) is 29.8 Å². The van der Waals surface area contributed by atoms with Crippen LogP contribution in [0.4, 0.5) is 5.69 Å². The summed E-state index contributed by atoms with van der Waals surface area (Å²) in [5, 5.41) is 5.77. The largest absolute Gasteiger partial charge is 0.459 e. The van der Waals surface area contributed by atoms with E-state index in [0.717, 1.165) is 11.3 Å². The molecule has 1 aromatic carbocycles. The molecular weight excluding hydrogens is 300 g/mol. The lowest BCUT2D eigenvalue weighted by Gasteiger charge is -2.14. The molecule has 118 valence electrons. The van der Waals surface area contributed by atoms with Gasteiger partial charge in [-0.25, -0.2) is 0 Å². The van der Waals surface area contributed by atoms with Gasteiger partial charge in [-0.3, -0.25) is 9.59 Å². The number of carbonyl (C=O) groups is 2. The summed E-state index contributed by atoms with van der Waals surface area (Å²) in [7, 11) is 0. The van der Waals surface area contributed by atoms with Gasteiger partial charge in [0.05, 0.1) is 5.92 Å². The average molecular weight is 320 g/mol. The van der Waals surface area contributed by atoms with Gasteiger partial charge in [0.25, 0.3) is 0 Å². The molecule has 2 N–H and O–H groups in total. The fourth-order valence-corrected chi connectivity index (χ4v) is 2.75. The fraction of sp³-hybridized carbons (Fsp3) is 0.438. The molecule has 6 heteroatoms. The molecule has 1 saturated heterocycles. The highest BCUT2D eigenvalue weighted by Gasteiger charge is 2.40. The molecule has 0 spiro atoms. The highest BCUT2D eigenvalue weighted by molar-refractivity contribution is 7.80. The number of aryl methyl sites for hydroxylation is 1. The lowest BCUT2D eigenvalue weighted by molar-refractivity contribution is -0.149. The van der Waals surface area contributed by atoms with Crippen molar-refractivity contribution in [3.8, 4) is 0 Å². The lowest BCUT2D eigenvalue weighted by Crippen LogP contribution is -2.35. The predicted molar refractivity (Wildman–Crippen MR) is 88.4 cm³/mol. The Balaban J connectivity index is 1.84. The van der Waals surface area contributed by atoms with Gasteiger partial charge in [-0.1, -0.05) is 12.1 Å². The molecule has 1 heterocycles. The molecule has 1 fully saturated rings. The van der Waals surface area contributed by atoms with Crippen molar-refractivity contribution in [2.45, 2.75) is 39.2 Å². The molecule has 0 radical (unpaired) electrons. The number of thiocarbonyl (C=S) groups is 1. The highest BCUT2D eigenvalue weighted by Crippen LogP contribution is 2.32. The molecule has 1 aliphatic heterocycles. The van der Waals surface area contributed by atoms with Gasteiger partial charge in [0.2, 0.25) is 5.91 Å². The van der Waals surface area contributed by atoms with E-state index in [1.54, 1.807) is 0 Å². The van der Waals surface area contributed by atoms with Gasteiger partial charge in [0.15, 0.2) is 5.11 Å². The topological polar surface area (TPSA) is 67.4 Å². The molecule has 1 amide bonds. The zero-order valence-corrected chi connectivity index (χ0v) is 13.8. The monoisotopic (exact) mass is 320 g/mol. The second kappa shape index (κ2) is 6.44. The van der Waals surface area contributed by atoms with E-state index in [1.165, 1.54) is 0 Å². The molecule has 0 aliphatic carbocycles. The van der Waals surface area contributed by atoms with Crippen LogP contribution in [-0.4, -0.2) is 22.6 Å². The maximum absolute atomic E-state index is 12.0. The molecule has 1 atom stereocenters. The van der Waals surface area contributed by atoms with Crippen LogP contribution in [0.5, 0.6) is 0 Å². The molecule has 0 aromatic heterocycles. The quantitative estimate of drug-likeness (QED) is 0.662. The van der Waals surface area contributed by atoms with Crippen LogP contribution in [0, 0.1) is 12.8 Å². The molecule has 1 aliphatic rings. The highest BCUT2D eigenvalue weighted by atomic mass is 32.1. The third-order valence-electron chi connectivity index (χ3n) is 3.41. The molecular formula is C16H20N2O3S. The predicted octanol–water partition coefficient (Wildman–Crippen LogP) is 2.54. The average Bonchev–Trinajstić information content (AvgIpc) is 2.61. The SMILES string of the molecule is Cc1cccc(NC(=S)NC(=O)C[C@H]2CC(C)(C)OC2=O)c1. The molecule has 0 unspecified atom stereocenters. The van der Waals surface area contributed by atoms with E-state index in [1.807, 2.05) is 45.0 Å². The maximum atomic E-state index is 12.0. The number of benzene rings is 1. The van der Waals surface area contributed by atoms with Crippen LogP contribution >= 0.6 is 12.2 Å². The van der Waals surface area contributed by atoms with Crippen molar-refractivity contribution in [1.29, 1.82) is 0 Å². The van der Waals surface area contributed by atoms with Crippen LogP contribution in [0.3, 0.4) is 0 Å². The van der Waals surface area contributed by atoms with Crippen molar-refractivity contribution >= 4 is 34.9 Å². The summed E-state index contributed by atoms with van der Waals surface area (Å²) in [4.78, 5) is 23.7. The van der Waals surface area contributed by atoms with E-state index in [2.05, 4.69) is 10.6 Å². The van der Waals surface area contributed by atoms with E-state index in [4.69, 9.17) is 17.0 Å². The molecule has 0 bridgehead atoms. The first-order chi connectivity index (χ1) is 10.2. The Labute approximate surface area is 135 Å². The van der Waals surface area contributed by atoms with Gasteiger partial charge in [-0.2, -0.15) is 0 Å². The van der Waals surface area contributed by atoms with Gasteiger partial charge < -0.3 is 15.4 Å². The number of esters is 1. The Morgan fingerprint density at radius 3 is 2.77 bits per heavy atom. The summed E-state index contributed by atoms with van der Waals surface area (Å²) < 4.78 is 5.21. The van der Waals surface area contributed by atoms with Gasteiger partial charge in [-0.05, 0) is 50.7 Å². The van der Waals surface area contributed by atoms with Crippen LogP contribution in [0.1, 0.15) is 32.3 Å². The number of amides is 1. The Hall–Kier alpha value is -1.95. The minimum absolute atomic E-state index is 0.0813. The number of carbonyl (C=O) groups excluding carboxylic acids is 2. The van der Waals surface area contributed by atoms with Gasteiger partial charge in [0.1, 0.15) is 5.60 Å². The van der Waals surface area contributed by atoms with Crippen molar-refractivity contribution in [3.63, 3.8) is 0 Å².